The molecule has 0 saturated carbocycles. The second-order valence-corrected chi connectivity index (χ2v) is 6.80. The number of nitrogens with zero attached hydrogens (tertiary/aromatic N) is 1. The minimum absolute atomic E-state index is 0.0431. The molecule has 2 amide bonds. The molecule has 27 heavy (non-hydrogen) atoms. The van der Waals surface area contributed by atoms with Gasteiger partial charge in [-0.15, -0.1) is 0 Å². The summed E-state index contributed by atoms with van der Waals surface area (Å²) in [4.78, 5) is 26.4. The first-order chi connectivity index (χ1) is 13.0. The standard InChI is InChI=1S/C21H24N2O4/c1-14(2)21(15-8-10-16(26-3)11-9-15)22-19(24)12-23-17-6-4-5-7-18(17)27-13-20(23)25/h4-11,14,21H,12-13H2,1-3H3,(H,22,24)/t21-/m1/s1. The van der Waals surface area contributed by atoms with E-state index in [1.54, 1.807) is 19.2 Å². The number of methoxy groups -OCH3 is 1. The normalized spacial score (nSPS) is 14.4. The topological polar surface area (TPSA) is 67.9 Å². The number of nitrogens with one attached hydrogen (secondary N) is 1. The predicted molar refractivity (Wildman–Crippen MR) is 103 cm³/mol. The van der Waals surface area contributed by atoms with Crippen molar-refractivity contribution in [2.24, 2.45) is 5.92 Å². The van der Waals surface area contributed by atoms with Gasteiger partial charge in [-0.05, 0) is 35.7 Å². The fourth-order valence-electron chi connectivity index (χ4n) is 3.14. The molecule has 2 aromatic rings. The van der Waals surface area contributed by atoms with Crippen LogP contribution in [-0.4, -0.2) is 32.1 Å². The van der Waals surface area contributed by atoms with Gasteiger partial charge in [-0.25, -0.2) is 0 Å². The third kappa shape index (κ3) is 4.22. The number of carbonyl (C=O) groups excluding carboxylic acids is 2. The summed E-state index contributed by atoms with van der Waals surface area (Å²) in [6.45, 7) is 3.99. The Balaban J connectivity index is 1.74. The summed E-state index contributed by atoms with van der Waals surface area (Å²) >= 11 is 0. The van der Waals surface area contributed by atoms with Gasteiger partial charge in [0.15, 0.2) is 6.61 Å². The summed E-state index contributed by atoms with van der Waals surface area (Å²) in [6, 6.07) is 14.7. The van der Waals surface area contributed by atoms with Gasteiger partial charge >= 0.3 is 0 Å². The second-order valence-electron chi connectivity index (χ2n) is 6.80. The molecule has 0 aromatic heterocycles. The fraction of sp³-hybridized carbons (Fsp3) is 0.333. The van der Waals surface area contributed by atoms with Crippen molar-refractivity contribution in [1.29, 1.82) is 0 Å². The van der Waals surface area contributed by atoms with Crippen molar-refractivity contribution in [1.82, 2.24) is 5.32 Å². The van der Waals surface area contributed by atoms with Gasteiger partial charge in [0, 0.05) is 0 Å². The first-order valence-corrected chi connectivity index (χ1v) is 8.95. The molecule has 1 aliphatic heterocycles. The molecule has 6 heteroatoms. The average Bonchev–Trinajstić information content (AvgIpc) is 2.68. The van der Waals surface area contributed by atoms with E-state index in [9.17, 15) is 9.59 Å². The van der Waals surface area contributed by atoms with Crippen molar-refractivity contribution < 1.29 is 19.1 Å². The summed E-state index contributed by atoms with van der Waals surface area (Å²) in [5, 5.41) is 3.05. The van der Waals surface area contributed by atoms with Gasteiger partial charge in [-0.1, -0.05) is 38.1 Å². The van der Waals surface area contributed by atoms with E-state index in [1.807, 2.05) is 50.2 Å². The Morgan fingerprint density at radius 3 is 2.56 bits per heavy atom. The van der Waals surface area contributed by atoms with Gasteiger partial charge in [0.05, 0.1) is 18.8 Å². The first-order valence-electron chi connectivity index (χ1n) is 8.95. The molecule has 1 atom stereocenters. The lowest BCUT2D eigenvalue weighted by Gasteiger charge is -2.30. The van der Waals surface area contributed by atoms with E-state index in [0.29, 0.717) is 11.4 Å². The van der Waals surface area contributed by atoms with Gasteiger partial charge in [-0.3, -0.25) is 14.5 Å². The Morgan fingerprint density at radius 2 is 1.89 bits per heavy atom. The molecule has 6 nitrogen and oxygen atoms in total. The van der Waals surface area contributed by atoms with E-state index in [2.05, 4.69) is 5.32 Å². The Kier molecular flexibility index (Phi) is 5.64. The third-order valence-corrected chi connectivity index (χ3v) is 4.57. The van der Waals surface area contributed by atoms with Crippen molar-refractivity contribution in [3.63, 3.8) is 0 Å². The third-order valence-electron chi connectivity index (χ3n) is 4.57. The molecule has 1 N–H and O–H groups in total. The number of hydrogen-bond donors (Lipinski definition) is 1. The molecule has 0 aliphatic carbocycles. The summed E-state index contributed by atoms with van der Waals surface area (Å²) in [6.07, 6.45) is 0. The number of carbonyl (C=O) groups is 2. The Morgan fingerprint density at radius 1 is 1.19 bits per heavy atom. The van der Waals surface area contributed by atoms with Crippen LogP contribution in [0.2, 0.25) is 0 Å². The SMILES string of the molecule is COc1ccc([C@H](NC(=O)CN2C(=O)COc3ccccc32)C(C)C)cc1. The maximum Gasteiger partial charge on any atom is 0.265 e. The summed E-state index contributed by atoms with van der Waals surface area (Å²) in [7, 11) is 1.62. The van der Waals surface area contributed by atoms with Crippen molar-refractivity contribution >= 4 is 17.5 Å². The summed E-state index contributed by atoms with van der Waals surface area (Å²) in [5.74, 6) is 1.13. The number of amides is 2. The highest BCUT2D eigenvalue weighted by molar-refractivity contribution is 6.02. The van der Waals surface area contributed by atoms with Crippen molar-refractivity contribution in [3.8, 4) is 11.5 Å². The molecule has 0 spiro atoms. The minimum atomic E-state index is -0.227. The smallest absolute Gasteiger partial charge is 0.265 e. The lowest BCUT2D eigenvalue weighted by Crippen LogP contribution is -2.46. The molecule has 0 unspecified atom stereocenters. The second kappa shape index (κ2) is 8.12. The highest BCUT2D eigenvalue weighted by Crippen LogP contribution is 2.31. The van der Waals surface area contributed by atoms with Crippen molar-refractivity contribution in [3.05, 3.63) is 54.1 Å². The van der Waals surface area contributed by atoms with Gasteiger partial charge < -0.3 is 14.8 Å². The molecule has 1 aliphatic rings. The Labute approximate surface area is 159 Å². The number of anilines is 1. The first kappa shape index (κ1) is 18.8. The van der Waals surface area contributed by atoms with E-state index in [-0.39, 0.29) is 36.9 Å². The van der Waals surface area contributed by atoms with Gasteiger partial charge in [0.25, 0.3) is 5.91 Å². The minimum Gasteiger partial charge on any atom is -0.497 e. The number of hydrogen-bond acceptors (Lipinski definition) is 4. The van der Waals surface area contributed by atoms with Crippen LogP contribution >= 0.6 is 0 Å². The van der Waals surface area contributed by atoms with E-state index >= 15 is 0 Å². The van der Waals surface area contributed by atoms with Gasteiger partial charge in [0.1, 0.15) is 18.0 Å². The van der Waals surface area contributed by atoms with Crippen LogP contribution in [-0.2, 0) is 9.59 Å². The van der Waals surface area contributed by atoms with Crippen LogP contribution in [0.3, 0.4) is 0 Å². The number of benzene rings is 2. The summed E-state index contributed by atoms with van der Waals surface area (Å²) < 4.78 is 10.6. The predicted octanol–water partition coefficient (Wildman–Crippen LogP) is 2.93. The van der Waals surface area contributed by atoms with Crippen LogP contribution in [0.4, 0.5) is 5.69 Å². The maximum absolute atomic E-state index is 12.7. The van der Waals surface area contributed by atoms with Gasteiger partial charge in [0.2, 0.25) is 5.91 Å². The van der Waals surface area contributed by atoms with Crippen molar-refractivity contribution in [2.75, 3.05) is 25.2 Å². The zero-order valence-corrected chi connectivity index (χ0v) is 15.8. The Hall–Kier alpha value is -3.02. The molecule has 3 rings (SSSR count). The van der Waals surface area contributed by atoms with Crippen LogP contribution in [0.1, 0.15) is 25.5 Å². The zero-order chi connectivity index (χ0) is 19.4. The highest BCUT2D eigenvalue weighted by atomic mass is 16.5. The highest BCUT2D eigenvalue weighted by Gasteiger charge is 2.28. The molecule has 0 bridgehead atoms. The van der Waals surface area contributed by atoms with Crippen molar-refractivity contribution in [2.45, 2.75) is 19.9 Å². The number of rotatable bonds is 6. The van der Waals surface area contributed by atoms with Crippen LogP contribution < -0.4 is 19.7 Å². The van der Waals surface area contributed by atoms with Crippen LogP contribution in [0.25, 0.3) is 0 Å². The molecule has 0 fully saturated rings. The van der Waals surface area contributed by atoms with Crippen LogP contribution in [0, 0.1) is 5.92 Å². The van der Waals surface area contributed by atoms with E-state index in [1.165, 1.54) is 4.90 Å². The Bertz CT molecular complexity index is 817. The largest absolute Gasteiger partial charge is 0.497 e. The zero-order valence-electron chi connectivity index (χ0n) is 15.8. The molecule has 0 radical (unpaired) electrons. The number of fused-ring (bicyclic) bond motifs is 1. The average molecular weight is 368 g/mol. The lowest BCUT2D eigenvalue weighted by molar-refractivity contribution is -0.125. The molecule has 0 saturated heterocycles. The monoisotopic (exact) mass is 368 g/mol. The summed E-state index contributed by atoms with van der Waals surface area (Å²) in [5.41, 5.74) is 1.61. The molecular weight excluding hydrogens is 344 g/mol. The molecule has 1 heterocycles. The van der Waals surface area contributed by atoms with E-state index in [0.717, 1.165) is 11.3 Å². The van der Waals surface area contributed by atoms with E-state index < -0.39 is 0 Å². The number of para-hydroxylation sites is 2. The molecule has 2 aromatic carbocycles. The lowest BCUT2D eigenvalue weighted by atomic mass is 9.96. The van der Waals surface area contributed by atoms with E-state index in [4.69, 9.17) is 9.47 Å². The fourth-order valence-corrected chi connectivity index (χ4v) is 3.14. The molecule has 142 valence electrons. The maximum atomic E-state index is 12.7. The number of ether oxygens (including phenoxy) is 2. The molecular formula is C21H24N2O4. The quantitative estimate of drug-likeness (QED) is 0.851. The van der Waals surface area contributed by atoms with Gasteiger partial charge in [-0.2, -0.15) is 0 Å². The van der Waals surface area contributed by atoms with Crippen LogP contribution in [0.5, 0.6) is 11.5 Å². The van der Waals surface area contributed by atoms with Crippen LogP contribution in [0.15, 0.2) is 48.5 Å².